The molecule has 0 spiro atoms. The largest absolute Gasteiger partial charge is 0.337 e. The zero-order valence-corrected chi connectivity index (χ0v) is 16.0. The molecule has 0 aliphatic heterocycles. The number of nitrogens with one attached hydrogen (secondary N) is 1. The van der Waals surface area contributed by atoms with Crippen molar-refractivity contribution in [3.63, 3.8) is 0 Å². The van der Waals surface area contributed by atoms with E-state index in [2.05, 4.69) is 14.7 Å². The molecule has 0 bridgehead atoms. The molecule has 3 aromatic heterocycles. The van der Waals surface area contributed by atoms with Crippen LogP contribution in [0.3, 0.4) is 0 Å². The zero-order valence-electron chi connectivity index (χ0n) is 15.2. The van der Waals surface area contributed by atoms with Crippen LogP contribution in [0, 0.1) is 13.8 Å². The topological polar surface area (TPSA) is 81.3 Å². The Morgan fingerprint density at radius 3 is 2.56 bits per heavy atom. The molecule has 0 amide bonds. The Labute approximate surface area is 157 Å². The summed E-state index contributed by atoms with van der Waals surface area (Å²) in [5, 5.41) is 0.0000307. The summed E-state index contributed by atoms with van der Waals surface area (Å²) in [6, 6.07) is 11.4. The fourth-order valence-electron chi connectivity index (χ4n) is 2.82. The first-order valence-corrected chi connectivity index (χ1v) is 9.89. The van der Waals surface area contributed by atoms with Crippen LogP contribution in [-0.4, -0.2) is 27.4 Å². The molecule has 8 heteroatoms. The molecule has 0 unspecified atom stereocenters. The third-order valence-electron chi connectivity index (χ3n) is 4.50. The molecule has 27 heavy (non-hydrogen) atoms. The standard InChI is InChI=1S/C19H19N5O2S/c1-13-7-8-15(17-11-24-9-5-4-6-18(24)21-17)10-16(13)22-27(25,26)19-12-23(3)14(2)20-19/h4-12,22H,1-3H3. The van der Waals surface area contributed by atoms with Crippen LogP contribution in [0.5, 0.6) is 0 Å². The normalized spacial score (nSPS) is 11.8. The second-order valence-corrected chi connectivity index (χ2v) is 8.09. The molecule has 4 rings (SSSR count). The predicted octanol–water partition coefficient (Wildman–Crippen LogP) is 3.15. The molecular weight excluding hydrogens is 362 g/mol. The average Bonchev–Trinajstić information content (AvgIpc) is 3.21. The smallest absolute Gasteiger partial charge is 0.280 e. The van der Waals surface area contributed by atoms with Gasteiger partial charge >= 0.3 is 0 Å². The van der Waals surface area contributed by atoms with E-state index in [-0.39, 0.29) is 5.03 Å². The Bertz CT molecular complexity index is 1200. The number of hydrogen-bond acceptors (Lipinski definition) is 4. The van der Waals surface area contributed by atoms with Gasteiger partial charge in [-0.15, -0.1) is 0 Å². The Morgan fingerprint density at radius 2 is 1.85 bits per heavy atom. The fourth-order valence-corrected chi connectivity index (χ4v) is 3.98. The molecule has 7 nitrogen and oxygen atoms in total. The minimum atomic E-state index is -3.77. The van der Waals surface area contributed by atoms with Gasteiger partial charge in [-0.25, -0.2) is 9.97 Å². The summed E-state index contributed by atoms with van der Waals surface area (Å²) in [5.41, 5.74) is 3.76. The molecule has 0 aliphatic carbocycles. The number of rotatable bonds is 4. The number of fused-ring (bicyclic) bond motifs is 1. The molecular formula is C19H19N5O2S. The highest BCUT2D eigenvalue weighted by Crippen LogP contribution is 2.27. The van der Waals surface area contributed by atoms with Crippen molar-refractivity contribution in [2.45, 2.75) is 18.9 Å². The van der Waals surface area contributed by atoms with E-state index in [0.29, 0.717) is 11.5 Å². The van der Waals surface area contributed by atoms with Gasteiger partial charge < -0.3 is 8.97 Å². The average molecular weight is 381 g/mol. The summed E-state index contributed by atoms with van der Waals surface area (Å²) in [7, 11) is -2.01. The highest BCUT2D eigenvalue weighted by atomic mass is 32.2. The molecule has 3 heterocycles. The number of benzene rings is 1. The molecule has 1 N–H and O–H groups in total. The molecule has 0 atom stereocenters. The third-order valence-corrected chi connectivity index (χ3v) is 5.74. The lowest BCUT2D eigenvalue weighted by molar-refractivity contribution is 0.598. The summed E-state index contributed by atoms with van der Waals surface area (Å²) >= 11 is 0. The quantitative estimate of drug-likeness (QED) is 0.589. The van der Waals surface area contributed by atoms with E-state index in [1.165, 1.54) is 6.20 Å². The maximum absolute atomic E-state index is 12.7. The molecule has 0 saturated carbocycles. The number of aryl methyl sites for hydroxylation is 3. The van der Waals surface area contributed by atoms with Crippen molar-refractivity contribution in [3.8, 4) is 11.3 Å². The number of nitrogens with zero attached hydrogens (tertiary/aromatic N) is 4. The SMILES string of the molecule is Cc1ccc(-c2cn3ccccc3n2)cc1NS(=O)(=O)c1cn(C)c(C)n1. The van der Waals surface area contributed by atoms with Gasteiger partial charge in [-0.1, -0.05) is 18.2 Å². The minimum Gasteiger partial charge on any atom is -0.337 e. The Morgan fingerprint density at radius 1 is 1.04 bits per heavy atom. The minimum absolute atomic E-state index is 0.0000307. The molecule has 1 aromatic carbocycles. The van der Waals surface area contributed by atoms with Gasteiger partial charge in [0.05, 0.1) is 11.4 Å². The highest BCUT2D eigenvalue weighted by molar-refractivity contribution is 7.92. The van der Waals surface area contributed by atoms with Gasteiger partial charge in [-0.05, 0) is 37.6 Å². The van der Waals surface area contributed by atoms with Crippen molar-refractivity contribution in [2.24, 2.45) is 7.05 Å². The van der Waals surface area contributed by atoms with Crippen molar-refractivity contribution in [1.82, 2.24) is 18.9 Å². The first kappa shape index (κ1) is 17.3. The van der Waals surface area contributed by atoms with Gasteiger partial charge in [0, 0.05) is 31.2 Å². The van der Waals surface area contributed by atoms with Crippen molar-refractivity contribution in [2.75, 3.05) is 4.72 Å². The van der Waals surface area contributed by atoms with Crippen LogP contribution >= 0.6 is 0 Å². The van der Waals surface area contributed by atoms with Crippen molar-refractivity contribution >= 4 is 21.4 Å². The molecule has 0 saturated heterocycles. The molecule has 0 radical (unpaired) electrons. The van der Waals surface area contributed by atoms with E-state index in [9.17, 15) is 8.42 Å². The van der Waals surface area contributed by atoms with E-state index in [0.717, 1.165) is 22.5 Å². The summed E-state index contributed by atoms with van der Waals surface area (Å²) in [6.07, 6.45) is 5.34. The lowest BCUT2D eigenvalue weighted by Gasteiger charge is -2.10. The Kier molecular flexibility index (Phi) is 4.00. The van der Waals surface area contributed by atoms with Gasteiger partial charge in [0.2, 0.25) is 0 Å². The van der Waals surface area contributed by atoms with Gasteiger partial charge in [-0.2, -0.15) is 8.42 Å². The number of sulfonamides is 1. The third kappa shape index (κ3) is 3.19. The maximum atomic E-state index is 12.7. The van der Waals surface area contributed by atoms with Crippen LogP contribution in [-0.2, 0) is 17.1 Å². The van der Waals surface area contributed by atoms with Gasteiger partial charge in [0.25, 0.3) is 10.0 Å². The van der Waals surface area contributed by atoms with Crippen LogP contribution < -0.4 is 4.72 Å². The Hall–Kier alpha value is -3.13. The van der Waals surface area contributed by atoms with Crippen LogP contribution in [0.2, 0.25) is 0 Å². The predicted molar refractivity (Wildman–Crippen MR) is 104 cm³/mol. The van der Waals surface area contributed by atoms with E-state index in [4.69, 9.17) is 0 Å². The number of pyridine rings is 1. The highest BCUT2D eigenvalue weighted by Gasteiger charge is 2.20. The van der Waals surface area contributed by atoms with Crippen molar-refractivity contribution in [3.05, 3.63) is 66.4 Å². The number of aromatic nitrogens is 4. The van der Waals surface area contributed by atoms with E-state index in [1.807, 2.05) is 54.0 Å². The molecule has 138 valence electrons. The second kappa shape index (κ2) is 6.24. The van der Waals surface area contributed by atoms with Gasteiger partial charge in [-0.3, -0.25) is 4.72 Å². The first-order chi connectivity index (χ1) is 12.8. The van der Waals surface area contributed by atoms with Crippen LogP contribution in [0.25, 0.3) is 16.9 Å². The van der Waals surface area contributed by atoms with E-state index < -0.39 is 10.0 Å². The fraction of sp³-hybridized carbons (Fsp3) is 0.158. The molecule has 4 aromatic rings. The number of anilines is 1. The number of imidazole rings is 2. The molecule has 0 aliphatic rings. The first-order valence-electron chi connectivity index (χ1n) is 8.41. The van der Waals surface area contributed by atoms with E-state index in [1.54, 1.807) is 24.6 Å². The van der Waals surface area contributed by atoms with Gasteiger partial charge in [0.1, 0.15) is 11.5 Å². The summed E-state index contributed by atoms with van der Waals surface area (Å²) < 4.78 is 31.7. The van der Waals surface area contributed by atoms with Crippen molar-refractivity contribution in [1.29, 1.82) is 0 Å². The zero-order chi connectivity index (χ0) is 19.2. The van der Waals surface area contributed by atoms with Crippen LogP contribution in [0.15, 0.2) is 60.0 Å². The number of hydrogen-bond donors (Lipinski definition) is 1. The summed E-state index contributed by atoms with van der Waals surface area (Å²) in [4.78, 5) is 8.71. The summed E-state index contributed by atoms with van der Waals surface area (Å²) in [5.74, 6) is 0.630. The van der Waals surface area contributed by atoms with Gasteiger partial charge in [0.15, 0.2) is 5.03 Å². The van der Waals surface area contributed by atoms with Crippen LogP contribution in [0.1, 0.15) is 11.4 Å². The molecule has 0 fully saturated rings. The second-order valence-electron chi connectivity index (χ2n) is 6.46. The maximum Gasteiger partial charge on any atom is 0.280 e. The van der Waals surface area contributed by atoms with E-state index >= 15 is 0 Å². The summed E-state index contributed by atoms with van der Waals surface area (Å²) in [6.45, 7) is 3.61. The Balaban J connectivity index is 1.72. The van der Waals surface area contributed by atoms with Crippen LogP contribution in [0.4, 0.5) is 5.69 Å². The van der Waals surface area contributed by atoms with Crippen molar-refractivity contribution < 1.29 is 8.42 Å². The lowest BCUT2D eigenvalue weighted by Crippen LogP contribution is -2.14. The monoisotopic (exact) mass is 381 g/mol. The lowest BCUT2D eigenvalue weighted by atomic mass is 10.1.